The first kappa shape index (κ1) is 14.1. The van der Waals surface area contributed by atoms with Crippen LogP contribution in [-0.4, -0.2) is 10.8 Å². The fraction of sp³-hybridized carbons (Fsp3) is 0.421. The van der Waals surface area contributed by atoms with Crippen LogP contribution in [0.3, 0.4) is 0 Å². The lowest BCUT2D eigenvalue weighted by Crippen LogP contribution is -2.27. The van der Waals surface area contributed by atoms with Gasteiger partial charge in [-0.25, -0.2) is 0 Å². The highest BCUT2D eigenvalue weighted by Gasteiger charge is 2.34. The van der Waals surface area contributed by atoms with Crippen molar-refractivity contribution in [2.24, 2.45) is 5.41 Å². The molecule has 1 N–H and O–H groups in total. The van der Waals surface area contributed by atoms with Gasteiger partial charge in [0.05, 0.1) is 0 Å². The molecule has 110 valence electrons. The van der Waals surface area contributed by atoms with Crippen molar-refractivity contribution in [2.45, 2.75) is 47.0 Å². The summed E-state index contributed by atoms with van der Waals surface area (Å²) in [6, 6.07) is 8.53. The summed E-state index contributed by atoms with van der Waals surface area (Å²) in [5.41, 5.74) is 6.91. The monoisotopic (exact) mass is 281 g/mol. The number of aryl methyl sites for hydroxylation is 1. The Morgan fingerprint density at radius 2 is 1.81 bits per heavy atom. The molecule has 0 unspecified atom stereocenters. The minimum atomic E-state index is 0.0600. The van der Waals surface area contributed by atoms with Crippen molar-refractivity contribution in [3.63, 3.8) is 0 Å². The van der Waals surface area contributed by atoms with E-state index in [1.807, 2.05) is 0 Å². The number of carbonyl (C=O) groups is 1. The molecule has 1 aromatic heterocycles. The first-order valence-electron chi connectivity index (χ1n) is 7.75. The van der Waals surface area contributed by atoms with Crippen molar-refractivity contribution < 1.29 is 4.79 Å². The van der Waals surface area contributed by atoms with Crippen LogP contribution in [0.2, 0.25) is 0 Å². The predicted octanol–water partition coefficient (Wildman–Crippen LogP) is 4.71. The van der Waals surface area contributed by atoms with E-state index in [4.69, 9.17) is 0 Å². The summed E-state index contributed by atoms with van der Waals surface area (Å²) in [6.45, 7) is 8.57. The lowest BCUT2D eigenvalue weighted by Gasteiger charge is -2.28. The van der Waals surface area contributed by atoms with Crippen molar-refractivity contribution in [2.75, 3.05) is 0 Å². The Morgan fingerprint density at radius 3 is 2.43 bits per heavy atom. The number of hydrogen-bond acceptors (Lipinski definition) is 1. The zero-order valence-corrected chi connectivity index (χ0v) is 13.3. The average molecular weight is 281 g/mol. The lowest BCUT2D eigenvalue weighted by atomic mass is 9.75. The first-order chi connectivity index (χ1) is 9.91. The molecule has 3 rings (SSSR count). The maximum absolute atomic E-state index is 12.6. The summed E-state index contributed by atoms with van der Waals surface area (Å²) in [7, 11) is 0. The normalized spacial score (nSPS) is 16.9. The fourth-order valence-electron chi connectivity index (χ4n) is 3.45. The standard InChI is InChI=1S/C19H23NO/c1-5-14-17-15(10-19(3,4)11-16(17)21)20-18(14)13-8-6-12(2)7-9-13/h6-9,20H,5,10-11H2,1-4H3. The first-order valence-corrected chi connectivity index (χ1v) is 7.75. The van der Waals surface area contributed by atoms with Crippen LogP contribution in [0.15, 0.2) is 24.3 Å². The summed E-state index contributed by atoms with van der Waals surface area (Å²) in [4.78, 5) is 16.1. The largest absolute Gasteiger partial charge is 0.358 e. The zero-order chi connectivity index (χ0) is 15.2. The zero-order valence-electron chi connectivity index (χ0n) is 13.3. The van der Waals surface area contributed by atoms with Crippen LogP contribution in [0, 0.1) is 12.3 Å². The van der Waals surface area contributed by atoms with Crippen molar-refractivity contribution in [1.29, 1.82) is 0 Å². The summed E-state index contributed by atoms with van der Waals surface area (Å²) in [5, 5.41) is 0. The van der Waals surface area contributed by atoms with E-state index < -0.39 is 0 Å². The third kappa shape index (κ3) is 2.44. The van der Waals surface area contributed by atoms with E-state index in [0.717, 1.165) is 29.8 Å². The van der Waals surface area contributed by atoms with Crippen LogP contribution >= 0.6 is 0 Å². The fourth-order valence-corrected chi connectivity index (χ4v) is 3.45. The highest BCUT2D eigenvalue weighted by atomic mass is 16.1. The van der Waals surface area contributed by atoms with E-state index in [1.165, 1.54) is 16.7 Å². The topological polar surface area (TPSA) is 32.9 Å². The van der Waals surface area contributed by atoms with Crippen LogP contribution in [0.4, 0.5) is 0 Å². The smallest absolute Gasteiger partial charge is 0.165 e. The Bertz CT molecular complexity index is 689. The molecule has 21 heavy (non-hydrogen) atoms. The second kappa shape index (κ2) is 4.87. The van der Waals surface area contributed by atoms with E-state index in [0.29, 0.717) is 12.2 Å². The number of ketones is 1. The van der Waals surface area contributed by atoms with Gasteiger partial charge in [-0.3, -0.25) is 4.79 Å². The number of aromatic nitrogens is 1. The average Bonchev–Trinajstić information content (AvgIpc) is 2.76. The van der Waals surface area contributed by atoms with E-state index in [2.05, 4.69) is 56.9 Å². The molecular weight excluding hydrogens is 258 g/mol. The van der Waals surface area contributed by atoms with Gasteiger partial charge in [-0.1, -0.05) is 50.6 Å². The van der Waals surface area contributed by atoms with Gasteiger partial charge >= 0.3 is 0 Å². The number of rotatable bonds is 2. The molecule has 0 fully saturated rings. The molecule has 0 atom stereocenters. The van der Waals surface area contributed by atoms with Crippen LogP contribution in [0.5, 0.6) is 0 Å². The molecule has 1 aliphatic rings. The molecule has 0 amide bonds. The van der Waals surface area contributed by atoms with Crippen LogP contribution < -0.4 is 0 Å². The van der Waals surface area contributed by atoms with Crippen molar-refractivity contribution >= 4 is 5.78 Å². The maximum atomic E-state index is 12.6. The van der Waals surface area contributed by atoms with Gasteiger partial charge in [0.15, 0.2) is 5.78 Å². The van der Waals surface area contributed by atoms with Gasteiger partial charge in [-0.2, -0.15) is 0 Å². The Kier molecular flexibility index (Phi) is 3.27. The number of aromatic amines is 1. The van der Waals surface area contributed by atoms with Gasteiger partial charge in [0.2, 0.25) is 0 Å². The summed E-state index contributed by atoms with van der Waals surface area (Å²) in [5.74, 6) is 0.299. The molecule has 0 spiro atoms. The number of carbonyl (C=O) groups excluding carboxylic acids is 1. The predicted molar refractivity (Wildman–Crippen MR) is 86.8 cm³/mol. The Balaban J connectivity index is 2.16. The highest BCUT2D eigenvalue weighted by Crippen LogP contribution is 2.39. The van der Waals surface area contributed by atoms with Crippen molar-refractivity contribution in [3.8, 4) is 11.3 Å². The van der Waals surface area contributed by atoms with E-state index >= 15 is 0 Å². The Hall–Kier alpha value is -1.83. The number of hydrogen-bond donors (Lipinski definition) is 1. The number of nitrogens with one attached hydrogen (secondary N) is 1. The molecule has 1 aliphatic carbocycles. The molecular formula is C19H23NO. The van der Waals surface area contributed by atoms with Gasteiger partial charge < -0.3 is 4.98 Å². The third-order valence-corrected chi connectivity index (χ3v) is 4.45. The summed E-state index contributed by atoms with van der Waals surface area (Å²) in [6.07, 6.45) is 2.49. The molecule has 2 nitrogen and oxygen atoms in total. The Labute approximate surface area is 126 Å². The Morgan fingerprint density at radius 1 is 1.14 bits per heavy atom. The van der Waals surface area contributed by atoms with E-state index in [9.17, 15) is 4.79 Å². The van der Waals surface area contributed by atoms with Crippen molar-refractivity contribution in [3.05, 3.63) is 46.6 Å². The van der Waals surface area contributed by atoms with Crippen molar-refractivity contribution in [1.82, 2.24) is 4.98 Å². The molecule has 0 aliphatic heterocycles. The minimum Gasteiger partial charge on any atom is -0.358 e. The summed E-state index contributed by atoms with van der Waals surface area (Å²) >= 11 is 0. The highest BCUT2D eigenvalue weighted by molar-refractivity contribution is 6.02. The van der Waals surface area contributed by atoms with Crippen LogP contribution in [-0.2, 0) is 12.8 Å². The van der Waals surface area contributed by atoms with Gasteiger partial charge in [-0.05, 0) is 36.3 Å². The molecule has 2 heteroatoms. The second-order valence-corrected chi connectivity index (χ2v) is 6.99. The summed E-state index contributed by atoms with van der Waals surface area (Å²) < 4.78 is 0. The number of H-pyrrole nitrogens is 1. The number of benzene rings is 1. The third-order valence-electron chi connectivity index (χ3n) is 4.45. The van der Waals surface area contributed by atoms with E-state index in [1.54, 1.807) is 0 Å². The van der Waals surface area contributed by atoms with Crippen LogP contribution in [0.25, 0.3) is 11.3 Å². The molecule has 0 radical (unpaired) electrons. The molecule has 1 heterocycles. The van der Waals surface area contributed by atoms with E-state index in [-0.39, 0.29) is 5.41 Å². The van der Waals surface area contributed by atoms with Gasteiger partial charge in [0, 0.05) is 23.4 Å². The number of fused-ring (bicyclic) bond motifs is 1. The molecule has 1 aromatic carbocycles. The SMILES string of the molecule is CCc1c(-c2ccc(C)cc2)[nH]c2c1C(=O)CC(C)(C)C2. The van der Waals surface area contributed by atoms with Crippen LogP contribution in [0.1, 0.15) is 54.4 Å². The van der Waals surface area contributed by atoms with Gasteiger partial charge in [0.25, 0.3) is 0 Å². The molecule has 0 bridgehead atoms. The second-order valence-electron chi connectivity index (χ2n) is 6.99. The molecule has 2 aromatic rings. The quantitative estimate of drug-likeness (QED) is 0.849. The number of Topliss-reactive ketones (excluding diaryl/α,β-unsaturated/α-hetero) is 1. The maximum Gasteiger partial charge on any atom is 0.165 e. The lowest BCUT2D eigenvalue weighted by molar-refractivity contribution is 0.0911. The van der Waals surface area contributed by atoms with Gasteiger partial charge in [-0.15, -0.1) is 0 Å². The minimum absolute atomic E-state index is 0.0600. The van der Waals surface area contributed by atoms with Gasteiger partial charge in [0.1, 0.15) is 0 Å². The molecule has 0 saturated heterocycles. The molecule has 0 saturated carbocycles.